The zero-order valence-electron chi connectivity index (χ0n) is 11.8. The molecule has 1 aromatic rings. The molecule has 0 unspecified atom stereocenters. The van der Waals surface area contributed by atoms with Gasteiger partial charge in [-0.05, 0) is 40.8 Å². The van der Waals surface area contributed by atoms with Gasteiger partial charge in [-0.25, -0.2) is 4.68 Å². The third-order valence-corrected chi connectivity index (χ3v) is 4.35. The molecule has 0 fully saturated rings. The van der Waals surface area contributed by atoms with E-state index in [1.54, 1.807) is 6.20 Å². The molecule has 0 aliphatic carbocycles. The van der Waals surface area contributed by atoms with Crippen molar-refractivity contribution in [1.82, 2.24) is 9.78 Å². The molecule has 0 aliphatic rings. The van der Waals surface area contributed by atoms with Gasteiger partial charge in [0.1, 0.15) is 4.47 Å². The molecule has 20 heavy (non-hydrogen) atoms. The Morgan fingerprint density at radius 1 is 1.40 bits per heavy atom. The lowest BCUT2D eigenvalue weighted by Crippen LogP contribution is -2.26. The fraction of sp³-hybridized carbons (Fsp3) is 0.692. The van der Waals surface area contributed by atoms with Crippen LogP contribution in [0.3, 0.4) is 0 Å². The van der Waals surface area contributed by atoms with Gasteiger partial charge in [-0.2, -0.15) is 16.9 Å². The van der Waals surface area contributed by atoms with Gasteiger partial charge in [0.2, 0.25) is 0 Å². The Labute approximate surface area is 132 Å². The Bertz CT molecular complexity index is 454. The molecular weight excluding hydrogens is 342 g/mol. The van der Waals surface area contributed by atoms with E-state index < -0.39 is 0 Å². The minimum absolute atomic E-state index is 0.0951. The molecule has 0 aromatic carbocycles. The number of thioether (sulfide) groups is 1. The van der Waals surface area contributed by atoms with E-state index >= 15 is 0 Å². The predicted molar refractivity (Wildman–Crippen MR) is 88.6 cm³/mol. The number of aliphatic hydroxyl groups excluding tert-OH is 1. The summed E-state index contributed by atoms with van der Waals surface area (Å²) in [6, 6.07) is 0. The maximum atomic E-state index is 11.9. The maximum absolute atomic E-state index is 11.9. The second-order valence-corrected chi connectivity index (χ2v) is 6.24. The smallest absolute Gasteiger partial charge is 0.283 e. The number of unbranched alkanes of at least 4 members (excludes halogenated alkanes) is 3. The van der Waals surface area contributed by atoms with Gasteiger partial charge in [-0.1, -0.05) is 12.8 Å². The van der Waals surface area contributed by atoms with Crippen LogP contribution in [0.15, 0.2) is 15.5 Å². The molecule has 0 atom stereocenters. The van der Waals surface area contributed by atoms with Crippen LogP contribution in [0.5, 0.6) is 0 Å². The molecule has 2 N–H and O–H groups in total. The van der Waals surface area contributed by atoms with Gasteiger partial charge in [0.15, 0.2) is 0 Å². The Hall–Kier alpha value is -0.530. The molecule has 1 heterocycles. The third kappa shape index (κ3) is 5.85. The van der Waals surface area contributed by atoms with E-state index in [-0.39, 0.29) is 18.7 Å². The Morgan fingerprint density at radius 3 is 2.85 bits per heavy atom. The number of nitrogens with zero attached hydrogens (tertiary/aromatic N) is 2. The van der Waals surface area contributed by atoms with Gasteiger partial charge < -0.3 is 10.4 Å². The first-order valence-corrected chi connectivity index (χ1v) is 8.98. The molecule has 7 heteroatoms. The Kier molecular flexibility index (Phi) is 8.97. The van der Waals surface area contributed by atoms with Gasteiger partial charge >= 0.3 is 0 Å². The normalized spacial score (nSPS) is 10.8. The van der Waals surface area contributed by atoms with Crippen molar-refractivity contribution < 1.29 is 5.11 Å². The van der Waals surface area contributed by atoms with Crippen molar-refractivity contribution in [1.29, 1.82) is 0 Å². The highest BCUT2D eigenvalue weighted by atomic mass is 79.9. The van der Waals surface area contributed by atoms with E-state index in [0.717, 1.165) is 13.0 Å². The number of anilines is 1. The topological polar surface area (TPSA) is 67.2 Å². The zero-order chi connectivity index (χ0) is 14.8. The van der Waals surface area contributed by atoms with Crippen LogP contribution in [-0.2, 0) is 6.54 Å². The van der Waals surface area contributed by atoms with Gasteiger partial charge in [0, 0.05) is 6.54 Å². The highest BCUT2D eigenvalue weighted by molar-refractivity contribution is 9.10. The summed E-state index contributed by atoms with van der Waals surface area (Å²) in [5.41, 5.74) is 0.498. The predicted octanol–water partition coefficient (Wildman–Crippen LogP) is 2.33. The summed E-state index contributed by atoms with van der Waals surface area (Å²) in [7, 11) is 0. The molecule has 5 nitrogen and oxygen atoms in total. The van der Waals surface area contributed by atoms with Crippen LogP contribution < -0.4 is 10.9 Å². The van der Waals surface area contributed by atoms with Crippen molar-refractivity contribution in [3.05, 3.63) is 21.0 Å². The van der Waals surface area contributed by atoms with Crippen molar-refractivity contribution in [3.8, 4) is 0 Å². The summed E-state index contributed by atoms with van der Waals surface area (Å²) >= 11 is 5.17. The van der Waals surface area contributed by atoms with E-state index in [0.29, 0.717) is 10.2 Å². The monoisotopic (exact) mass is 363 g/mol. The number of hydrogen-bond donors (Lipinski definition) is 2. The lowest BCUT2D eigenvalue weighted by atomic mass is 10.2. The number of aromatic nitrogens is 2. The van der Waals surface area contributed by atoms with Gasteiger partial charge in [0.25, 0.3) is 5.56 Å². The summed E-state index contributed by atoms with van der Waals surface area (Å²) in [5.74, 6) is 1.23. The van der Waals surface area contributed by atoms with Crippen molar-refractivity contribution >= 4 is 33.4 Å². The van der Waals surface area contributed by atoms with Gasteiger partial charge in [0.05, 0.1) is 25.0 Å². The molecule has 1 rings (SSSR count). The highest BCUT2D eigenvalue weighted by Gasteiger charge is 2.07. The first kappa shape index (κ1) is 17.5. The minimum atomic E-state index is -0.218. The lowest BCUT2D eigenvalue weighted by Gasteiger charge is -2.09. The maximum Gasteiger partial charge on any atom is 0.283 e. The van der Waals surface area contributed by atoms with Crippen LogP contribution in [0.1, 0.15) is 25.7 Å². The van der Waals surface area contributed by atoms with Gasteiger partial charge in [-0.15, -0.1) is 0 Å². The largest absolute Gasteiger partial charge is 0.394 e. The van der Waals surface area contributed by atoms with E-state index in [2.05, 4.69) is 32.6 Å². The number of halogens is 1. The zero-order valence-corrected chi connectivity index (χ0v) is 14.2. The fourth-order valence-electron chi connectivity index (χ4n) is 1.79. The Morgan fingerprint density at radius 2 is 2.15 bits per heavy atom. The summed E-state index contributed by atoms with van der Waals surface area (Å²) in [5, 5.41) is 16.1. The van der Waals surface area contributed by atoms with E-state index in [9.17, 15) is 4.79 Å². The molecule has 0 amide bonds. The van der Waals surface area contributed by atoms with Gasteiger partial charge in [-0.3, -0.25) is 4.79 Å². The second kappa shape index (κ2) is 10.2. The first-order chi connectivity index (χ1) is 9.70. The molecule has 0 spiro atoms. The van der Waals surface area contributed by atoms with Crippen LogP contribution in [0.4, 0.5) is 5.69 Å². The van der Waals surface area contributed by atoms with Crippen LogP contribution in [0.25, 0.3) is 0 Å². The highest BCUT2D eigenvalue weighted by Crippen LogP contribution is 2.16. The molecule has 114 valence electrons. The Balaban J connectivity index is 2.37. The molecular formula is C13H22BrN3O2S. The van der Waals surface area contributed by atoms with E-state index in [4.69, 9.17) is 5.11 Å². The van der Waals surface area contributed by atoms with E-state index in [1.165, 1.54) is 29.7 Å². The van der Waals surface area contributed by atoms with Crippen LogP contribution in [0, 0.1) is 0 Å². The molecule has 1 aromatic heterocycles. The van der Waals surface area contributed by atoms with Crippen molar-refractivity contribution in [2.45, 2.75) is 32.2 Å². The first-order valence-electron chi connectivity index (χ1n) is 6.80. The summed E-state index contributed by atoms with van der Waals surface area (Å²) in [6.45, 7) is 0.957. The molecule has 0 aliphatic heterocycles. The van der Waals surface area contributed by atoms with Crippen molar-refractivity contribution in [3.63, 3.8) is 0 Å². The summed E-state index contributed by atoms with van der Waals surface area (Å²) in [6.07, 6.45) is 8.55. The summed E-state index contributed by atoms with van der Waals surface area (Å²) < 4.78 is 1.72. The van der Waals surface area contributed by atoms with Crippen LogP contribution in [0.2, 0.25) is 0 Å². The number of rotatable bonds is 10. The molecule has 0 saturated heterocycles. The minimum Gasteiger partial charge on any atom is -0.394 e. The molecule has 0 radical (unpaired) electrons. The summed E-state index contributed by atoms with van der Waals surface area (Å²) in [4.78, 5) is 11.9. The van der Waals surface area contributed by atoms with Crippen LogP contribution in [-0.4, -0.2) is 40.0 Å². The third-order valence-electron chi connectivity index (χ3n) is 2.89. The van der Waals surface area contributed by atoms with E-state index in [1.807, 2.05) is 11.8 Å². The lowest BCUT2D eigenvalue weighted by molar-refractivity contribution is 0.266. The fourth-order valence-corrected chi connectivity index (χ4v) is 2.73. The number of nitrogens with one attached hydrogen (secondary N) is 1. The average molecular weight is 364 g/mol. The quantitative estimate of drug-likeness (QED) is 0.624. The number of hydrogen-bond acceptors (Lipinski definition) is 5. The molecule has 0 saturated carbocycles. The van der Waals surface area contributed by atoms with Crippen LogP contribution >= 0.6 is 27.7 Å². The van der Waals surface area contributed by atoms with Crippen molar-refractivity contribution in [2.75, 3.05) is 30.5 Å². The standard InChI is InChI=1S/C13H22BrN3O2S/c1-20-9-5-3-2-4-6-15-11-10-16-17(7-8-18)13(19)12(11)14/h10,15,18H,2-9H2,1H3. The number of aliphatic hydroxyl groups is 1. The average Bonchev–Trinajstić information content (AvgIpc) is 2.45. The van der Waals surface area contributed by atoms with Crippen molar-refractivity contribution in [2.24, 2.45) is 0 Å². The second-order valence-electron chi connectivity index (χ2n) is 4.46. The molecule has 0 bridgehead atoms. The SMILES string of the molecule is CSCCCCCCNc1cnn(CCO)c(=O)c1Br.